The third-order valence-corrected chi connectivity index (χ3v) is 7.32. The van der Waals surface area contributed by atoms with Gasteiger partial charge in [0.2, 0.25) is 5.91 Å². The Hall–Kier alpha value is -3.79. The van der Waals surface area contributed by atoms with Crippen LogP contribution in [0.25, 0.3) is 11.1 Å². The van der Waals surface area contributed by atoms with Gasteiger partial charge in [0.15, 0.2) is 0 Å². The van der Waals surface area contributed by atoms with Crippen molar-refractivity contribution in [2.24, 2.45) is 11.3 Å². The Labute approximate surface area is 205 Å². The van der Waals surface area contributed by atoms with Gasteiger partial charge in [-0.25, -0.2) is 4.79 Å². The second-order valence-corrected chi connectivity index (χ2v) is 9.50. The van der Waals surface area contributed by atoms with Crippen molar-refractivity contribution in [3.63, 3.8) is 0 Å². The van der Waals surface area contributed by atoms with E-state index in [0.29, 0.717) is 6.54 Å². The standard InChI is InChI=1S/C28H30N2O5/c1-4-5-14-24(25(31)30-15-18(2)28(3,17-30)26(32)33)29-27(34)35-16-23-21-12-8-6-10-19(21)20-11-7-9-13-22(20)23/h6-13,18,23-24H,14-17H2,1-3H3,(H,29,34)(H,32,33)/t18-,24?,28-/m0/s1. The number of carbonyl (C=O) groups is 3. The van der Waals surface area contributed by atoms with E-state index in [9.17, 15) is 19.5 Å². The van der Waals surface area contributed by atoms with Crippen LogP contribution < -0.4 is 5.32 Å². The molecular weight excluding hydrogens is 444 g/mol. The molecule has 182 valence electrons. The fraction of sp³-hybridized carbons (Fsp3) is 0.393. The van der Waals surface area contributed by atoms with Crippen LogP contribution in [0.2, 0.25) is 0 Å². The molecule has 0 radical (unpaired) electrons. The van der Waals surface area contributed by atoms with Gasteiger partial charge in [-0.15, -0.1) is 11.8 Å². The zero-order valence-electron chi connectivity index (χ0n) is 20.2. The minimum absolute atomic E-state index is 0.0881. The van der Waals surface area contributed by atoms with Gasteiger partial charge in [0.05, 0.1) is 5.41 Å². The van der Waals surface area contributed by atoms with Crippen molar-refractivity contribution in [1.82, 2.24) is 10.2 Å². The average Bonchev–Trinajstić information content (AvgIpc) is 3.34. The number of aliphatic carboxylic acids is 1. The molecule has 35 heavy (non-hydrogen) atoms. The molecule has 1 heterocycles. The first-order chi connectivity index (χ1) is 16.8. The molecular formula is C28H30N2O5. The minimum Gasteiger partial charge on any atom is -0.481 e. The van der Waals surface area contributed by atoms with Gasteiger partial charge in [0.25, 0.3) is 0 Å². The number of likely N-dealkylation sites (tertiary alicyclic amines) is 1. The van der Waals surface area contributed by atoms with Gasteiger partial charge in [0.1, 0.15) is 12.6 Å². The Morgan fingerprint density at radius 1 is 1.14 bits per heavy atom. The lowest BCUT2D eigenvalue weighted by Crippen LogP contribution is -2.48. The van der Waals surface area contributed by atoms with Crippen LogP contribution in [0.15, 0.2) is 48.5 Å². The molecule has 0 spiro atoms. The maximum Gasteiger partial charge on any atom is 0.407 e. The predicted octanol–water partition coefficient (Wildman–Crippen LogP) is 3.88. The minimum atomic E-state index is -1.03. The Balaban J connectivity index is 1.44. The summed E-state index contributed by atoms with van der Waals surface area (Å²) in [6.07, 6.45) is -0.579. The Morgan fingerprint density at radius 2 is 1.74 bits per heavy atom. The maximum absolute atomic E-state index is 13.2. The molecule has 7 nitrogen and oxygen atoms in total. The predicted molar refractivity (Wildman–Crippen MR) is 132 cm³/mol. The zero-order valence-corrected chi connectivity index (χ0v) is 20.2. The van der Waals surface area contributed by atoms with Crippen LogP contribution in [0, 0.1) is 23.2 Å². The molecule has 0 saturated carbocycles. The number of hydrogen-bond acceptors (Lipinski definition) is 4. The Bertz CT molecular complexity index is 1170. The molecule has 0 bridgehead atoms. The number of benzene rings is 2. The van der Waals surface area contributed by atoms with Crippen molar-refractivity contribution in [3.8, 4) is 23.0 Å². The summed E-state index contributed by atoms with van der Waals surface area (Å²) >= 11 is 0. The monoisotopic (exact) mass is 474 g/mol. The first-order valence-electron chi connectivity index (χ1n) is 11.8. The van der Waals surface area contributed by atoms with Crippen LogP contribution in [-0.2, 0) is 14.3 Å². The number of carbonyl (C=O) groups excluding carboxylic acids is 2. The molecule has 1 aliphatic heterocycles. The number of amides is 2. The highest BCUT2D eigenvalue weighted by molar-refractivity contribution is 5.87. The topological polar surface area (TPSA) is 95.9 Å². The van der Waals surface area contributed by atoms with Crippen molar-refractivity contribution < 1.29 is 24.2 Å². The molecule has 1 unspecified atom stereocenters. The number of nitrogens with zero attached hydrogens (tertiary/aromatic N) is 1. The van der Waals surface area contributed by atoms with E-state index in [4.69, 9.17) is 4.74 Å². The van der Waals surface area contributed by atoms with Crippen LogP contribution in [0.5, 0.6) is 0 Å². The van der Waals surface area contributed by atoms with Gasteiger partial charge in [-0.3, -0.25) is 9.59 Å². The molecule has 1 fully saturated rings. The van der Waals surface area contributed by atoms with E-state index >= 15 is 0 Å². The molecule has 7 heteroatoms. The molecule has 1 saturated heterocycles. The number of fused-ring (bicyclic) bond motifs is 3. The number of hydrogen-bond donors (Lipinski definition) is 2. The lowest BCUT2D eigenvalue weighted by molar-refractivity contribution is -0.149. The Morgan fingerprint density at radius 3 is 2.29 bits per heavy atom. The van der Waals surface area contributed by atoms with E-state index in [1.165, 1.54) is 4.90 Å². The van der Waals surface area contributed by atoms with Crippen LogP contribution >= 0.6 is 0 Å². The highest BCUT2D eigenvalue weighted by Crippen LogP contribution is 2.44. The number of rotatable bonds is 6. The summed E-state index contributed by atoms with van der Waals surface area (Å²) in [6.45, 7) is 5.66. The van der Waals surface area contributed by atoms with Crippen molar-refractivity contribution in [2.75, 3.05) is 19.7 Å². The number of nitrogens with one attached hydrogen (secondary N) is 1. The fourth-order valence-electron chi connectivity index (χ4n) is 5.00. The molecule has 2 aromatic rings. The van der Waals surface area contributed by atoms with Crippen molar-refractivity contribution in [3.05, 3.63) is 59.7 Å². The highest BCUT2D eigenvalue weighted by atomic mass is 16.5. The molecule has 2 aromatic carbocycles. The van der Waals surface area contributed by atoms with E-state index < -0.39 is 23.5 Å². The summed E-state index contributed by atoms with van der Waals surface area (Å²) in [5, 5.41) is 12.3. The average molecular weight is 475 g/mol. The molecule has 2 amide bonds. The summed E-state index contributed by atoms with van der Waals surface area (Å²) in [7, 11) is 0. The molecule has 0 aromatic heterocycles. The molecule has 3 atom stereocenters. The number of ether oxygens (including phenoxy) is 1. The maximum atomic E-state index is 13.2. The lowest BCUT2D eigenvalue weighted by Gasteiger charge is -2.25. The van der Waals surface area contributed by atoms with E-state index in [1.54, 1.807) is 13.8 Å². The van der Waals surface area contributed by atoms with Gasteiger partial charge >= 0.3 is 12.1 Å². The normalized spacial score (nSPS) is 21.3. The quantitative estimate of drug-likeness (QED) is 0.620. The number of carboxylic acids is 1. The van der Waals surface area contributed by atoms with Crippen LogP contribution in [-0.4, -0.2) is 53.7 Å². The van der Waals surface area contributed by atoms with Gasteiger partial charge in [-0.2, -0.15) is 0 Å². The summed E-state index contributed by atoms with van der Waals surface area (Å²) in [5.41, 5.74) is 3.44. The number of carboxylic acid groups (broad SMARTS) is 1. The van der Waals surface area contributed by atoms with Crippen molar-refractivity contribution >= 4 is 18.0 Å². The van der Waals surface area contributed by atoms with E-state index in [-0.39, 0.29) is 37.3 Å². The van der Waals surface area contributed by atoms with Crippen molar-refractivity contribution in [2.45, 2.75) is 39.2 Å². The summed E-state index contributed by atoms with van der Waals surface area (Å²) < 4.78 is 5.60. The first-order valence-corrected chi connectivity index (χ1v) is 11.8. The zero-order chi connectivity index (χ0) is 25.2. The summed E-state index contributed by atoms with van der Waals surface area (Å²) in [5.74, 6) is 4.02. The Kier molecular flexibility index (Phi) is 6.83. The summed E-state index contributed by atoms with van der Waals surface area (Å²) in [6, 6.07) is 15.2. The smallest absolute Gasteiger partial charge is 0.407 e. The fourth-order valence-corrected chi connectivity index (χ4v) is 5.00. The third kappa shape index (κ3) is 4.61. The molecule has 2 aliphatic rings. The van der Waals surface area contributed by atoms with E-state index in [0.717, 1.165) is 22.3 Å². The van der Waals surface area contributed by atoms with Crippen LogP contribution in [0.4, 0.5) is 4.79 Å². The first kappa shape index (κ1) is 24.3. The molecule has 4 rings (SSSR count). The van der Waals surface area contributed by atoms with Gasteiger partial charge < -0.3 is 20.1 Å². The van der Waals surface area contributed by atoms with Crippen LogP contribution in [0.3, 0.4) is 0 Å². The second kappa shape index (κ2) is 9.83. The largest absolute Gasteiger partial charge is 0.481 e. The van der Waals surface area contributed by atoms with E-state index in [2.05, 4.69) is 29.3 Å². The van der Waals surface area contributed by atoms with E-state index in [1.807, 2.05) is 43.3 Å². The summed E-state index contributed by atoms with van der Waals surface area (Å²) in [4.78, 5) is 39.3. The van der Waals surface area contributed by atoms with Gasteiger partial charge in [-0.05, 0) is 42.0 Å². The SMILES string of the molecule is CC#CCC(NC(=O)OCC1c2ccccc2-c2ccccc21)C(=O)N1C[C@H](C)[C@@](C)(C(=O)O)C1. The third-order valence-electron chi connectivity index (χ3n) is 7.32. The molecule has 1 aliphatic carbocycles. The second-order valence-electron chi connectivity index (χ2n) is 9.50. The van der Waals surface area contributed by atoms with Gasteiger partial charge in [-0.1, -0.05) is 55.5 Å². The van der Waals surface area contributed by atoms with Crippen LogP contribution in [0.1, 0.15) is 44.2 Å². The molecule has 2 N–H and O–H groups in total. The van der Waals surface area contributed by atoms with Crippen molar-refractivity contribution in [1.29, 1.82) is 0 Å². The van der Waals surface area contributed by atoms with Gasteiger partial charge in [0, 0.05) is 25.4 Å². The lowest BCUT2D eigenvalue weighted by atomic mass is 9.81. The number of alkyl carbamates (subject to hydrolysis) is 1. The highest BCUT2D eigenvalue weighted by Gasteiger charge is 2.48.